The van der Waals surface area contributed by atoms with Crippen LogP contribution in [0.1, 0.15) is 31.1 Å². The normalized spacial score (nSPS) is 31.7. The van der Waals surface area contributed by atoms with Crippen molar-refractivity contribution in [3.63, 3.8) is 0 Å². The summed E-state index contributed by atoms with van der Waals surface area (Å²) in [6.07, 6.45) is 1.82. The summed E-state index contributed by atoms with van der Waals surface area (Å²) in [7, 11) is 0. The number of aromatic nitrogens is 2. The van der Waals surface area contributed by atoms with Crippen LogP contribution in [0.3, 0.4) is 0 Å². The summed E-state index contributed by atoms with van der Waals surface area (Å²) in [6.45, 7) is 0.111. The van der Waals surface area contributed by atoms with E-state index in [1.807, 2.05) is 0 Å². The number of Topliss-reactive ketones (excluding diaryl/α,β-unsaturated/α-hetero) is 1. The maximum Gasteiger partial charge on any atom is 0.330 e. The van der Waals surface area contributed by atoms with Gasteiger partial charge >= 0.3 is 5.69 Å². The van der Waals surface area contributed by atoms with Crippen molar-refractivity contribution in [3.8, 4) is 0 Å². The third-order valence-electron chi connectivity index (χ3n) is 4.86. The molecule has 26 heavy (non-hydrogen) atoms. The van der Waals surface area contributed by atoms with Gasteiger partial charge in [-0.25, -0.2) is 4.79 Å². The van der Waals surface area contributed by atoms with E-state index in [0.29, 0.717) is 13.0 Å². The summed E-state index contributed by atoms with van der Waals surface area (Å²) >= 11 is 3.07. The number of halogens is 1. The van der Waals surface area contributed by atoms with Crippen LogP contribution in [0.15, 0.2) is 20.8 Å². The molecule has 4 atom stereocenters. The number of ketones is 1. The minimum atomic E-state index is -1.91. The molecule has 0 aromatic carbocycles. The SMILES string of the molecule is O=C([C@@H]1CCCN1)[C@]1(O)C[C@H](n2cc(/C=C/Br)c(=O)[nH]c2=O)O[C@@H]1CO. The van der Waals surface area contributed by atoms with Crippen LogP contribution in [-0.2, 0) is 9.53 Å². The van der Waals surface area contributed by atoms with E-state index >= 15 is 0 Å². The molecule has 0 radical (unpaired) electrons. The minimum absolute atomic E-state index is 0.196. The zero-order chi connectivity index (χ0) is 18.9. The first-order chi connectivity index (χ1) is 12.4. The lowest BCUT2D eigenvalue weighted by Gasteiger charge is -2.28. The monoisotopic (exact) mass is 429 g/mol. The number of carbonyl (C=O) groups excluding carboxylic acids is 1. The smallest absolute Gasteiger partial charge is 0.330 e. The van der Waals surface area contributed by atoms with Crippen LogP contribution in [0.25, 0.3) is 6.08 Å². The van der Waals surface area contributed by atoms with Gasteiger partial charge < -0.3 is 20.3 Å². The summed E-state index contributed by atoms with van der Waals surface area (Å²) in [5.41, 5.74) is -3.01. The predicted octanol–water partition coefficient (Wildman–Crippen LogP) is -0.766. The van der Waals surface area contributed by atoms with E-state index in [1.54, 1.807) is 0 Å². The topological polar surface area (TPSA) is 134 Å². The van der Waals surface area contributed by atoms with Crippen molar-refractivity contribution >= 4 is 27.8 Å². The first-order valence-electron chi connectivity index (χ1n) is 8.29. The lowest BCUT2D eigenvalue weighted by Crippen LogP contribution is -2.54. The lowest BCUT2D eigenvalue weighted by atomic mass is 9.86. The van der Waals surface area contributed by atoms with Gasteiger partial charge in [0.15, 0.2) is 11.4 Å². The van der Waals surface area contributed by atoms with Crippen LogP contribution in [0.2, 0.25) is 0 Å². The van der Waals surface area contributed by atoms with E-state index in [4.69, 9.17) is 4.74 Å². The van der Waals surface area contributed by atoms with Crippen molar-refractivity contribution in [2.75, 3.05) is 13.2 Å². The molecule has 2 fully saturated rings. The molecule has 0 unspecified atom stereocenters. The molecule has 0 bridgehead atoms. The van der Waals surface area contributed by atoms with Crippen LogP contribution < -0.4 is 16.6 Å². The van der Waals surface area contributed by atoms with Gasteiger partial charge in [0.2, 0.25) is 0 Å². The second kappa shape index (κ2) is 7.57. The van der Waals surface area contributed by atoms with Crippen molar-refractivity contribution in [3.05, 3.63) is 37.6 Å². The van der Waals surface area contributed by atoms with Gasteiger partial charge in [-0.15, -0.1) is 0 Å². The number of nitrogens with zero attached hydrogens (tertiary/aromatic N) is 1. The quantitative estimate of drug-likeness (QED) is 0.482. The second-order valence-corrected chi connectivity index (χ2v) is 6.98. The summed E-state index contributed by atoms with van der Waals surface area (Å²) in [5, 5.41) is 23.6. The molecule has 142 valence electrons. The average Bonchev–Trinajstić information content (AvgIpc) is 3.25. The Kier molecular flexibility index (Phi) is 5.58. The molecule has 2 aliphatic rings. The van der Waals surface area contributed by atoms with Crippen LogP contribution in [-0.4, -0.2) is 56.4 Å². The largest absolute Gasteiger partial charge is 0.394 e. The molecule has 4 N–H and O–H groups in total. The molecular formula is C16H20BrN3O6. The molecule has 0 saturated carbocycles. The maximum atomic E-state index is 12.8. The Morgan fingerprint density at radius 3 is 2.88 bits per heavy atom. The minimum Gasteiger partial charge on any atom is -0.394 e. The zero-order valence-corrected chi connectivity index (χ0v) is 15.4. The molecule has 0 spiro atoms. The Hall–Kier alpha value is -1.59. The Morgan fingerprint density at radius 1 is 1.50 bits per heavy atom. The molecule has 3 rings (SSSR count). The third kappa shape index (κ3) is 3.35. The Balaban J connectivity index is 1.94. The van der Waals surface area contributed by atoms with E-state index < -0.39 is 47.6 Å². The predicted molar refractivity (Wildman–Crippen MR) is 95.9 cm³/mol. The van der Waals surface area contributed by atoms with Gasteiger partial charge in [0.25, 0.3) is 5.56 Å². The van der Waals surface area contributed by atoms with Gasteiger partial charge in [-0.2, -0.15) is 0 Å². The number of H-pyrrole nitrogens is 1. The highest BCUT2D eigenvalue weighted by Gasteiger charge is 2.55. The molecule has 0 amide bonds. The van der Waals surface area contributed by atoms with E-state index in [9.17, 15) is 24.6 Å². The van der Waals surface area contributed by atoms with Gasteiger partial charge in [-0.1, -0.05) is 15.9 Å². The van der Waals surface area contributed by atoms with Crippen LogP contribution in [0.4, 0.5) is 0 Å². The summed E-state index contributed by atoms with van der Waals surface area (Å²) < 4.78 is 6.71. The highest BCUT2D eigenvalue weighted by atomic mass is 79.9. The fourth-order valence-corrected chi connectivity index (χ4v) is 3.76. The van der Waals surface area contributed by atoms with Crippen molar-refractivity contribution < 1.29 is 19.7 Å². The molecule has 2 saturated heterocycles. The Labute approximate surface area is 156 Å². The molecule has 0 aliphatic carbocycles. The molecule has 3 heterocycles. The van der Waals surface area contributed by atoms with Crippen molar-refractivity contribution in [2.45, 2.75) is 43.2 Å². The number of hydrogen-bond donors (Lipinski definition) is 4. The Morgan fingerprint density at radius 2 is 2.27 bits per heavy atom. The lowest BCUT2D eigenvalue weighted by molar-refractivity contribution is -0.148. The standard InChI is InChI=1S/C16H20BrN3O6/c17-4-3-9-7-20(15(24)19-14(9)23)12-6-16(25,11(8-21)26-12)13(22)10-2-1-5-18-10/h3-4,7,10-12,18,21,25H,1-2,5-6,8H2,(H,19,23,24)/b4-3+/t10-,11+,12+,16-/m0/s1. The number of hydrogen-bond acceptors (Lipinski definition) is 7. The van der Waals surface area contributed by atoms with Crippen LogP contribution >= 0.6 is 15.9 Å². The molecule has 1 aromatic heterocycles. The fraction of sp³-hybridized carbons (Fsp3) is 0.562. The van der Waals surface area contributed by atoms with Crippen molar-refractivity contribution in [1.29, 1.82) is 0 Å². The number of aliphatic hydroxyl groups is 2. The molecule has 2 aliphatic heterocycles. The summed E-state index contributed by atoms with van der Waals surface area (Å²) in [5.74, 6) is -0.449. The van der Waals surface area contributed by atoms with E-state index in [1.165, 1.54) is 17.3 Å². The van der Waals surface area contributed by atoms with E-state index in [-0.39, 0.29) is 12.0 Å². The van der Waals surface area contributed by atoms with Gasteiger partial charge in [-0.05, 0) is 30.4 Å². The van der Waals surface area contributed by atoms with Gasteiger partial charge in [0.05, 0.1) is 18.2 Å². The first kappa shape index (κ1) is 19.2. The third-order valence-corrected chi connectivity index (χ3v) is 5.12. The van der Waals surface area contributed by atoms with E-state index in [2.05, 4.69) is 26.2 Å². The van der Waals surface area contributed by atoms with Gasteiger partial charge in [-0.3, -0.25) is 19.1 Å². The van der Waals surface area contributed by atoms with Crippen molar-refractivity contribution in [1.82, 2.24) is 14.9 Å². The number of nitrogens with one attached hydrogen (secondary N) is 2. The summed E-state index contributed by atoms with van der Waals surface area (Å²) in [4.78, 5) is 40.4. The maximum absolute atomic E-state index is 12.8. The number of ether oxygens (including phenoxy) is 1. The summed E-state index contributed by atoms with van der Waals surface area (Å²) in [6, 6.07) is -0.504. The molecule has 1 aromatic rings. The van der Waals surface area contributed by atoms with Crippen LogP contribution in [0, 0.1) is 0 Å². The highest BCUT2D eigenvalue weighted by Crippen LogP contribution is 2.38. The van der Waals surface area contributed by atoms with Gasteiger partial charge in [0, 0.05) is 12.6 Å². The number of aliphatic hydroxyl groups excluding tert-OH is 1. The zero-order valence-electron chi connectivity index (χ0n) is 13.9. The fourth-order valence-electron chi connectivity index (χ4n) is 3.48. The van der Waals surface area contributed by atoms with Gasteiger partial charge in [0.1, 0.15) is 12.3 Å². The number of rotatable bonds is 5. The number of carbonyl (C=O) groups is 1. The second-order valence-electron chi connectivity index (χ2n) is 6.45. The first-order valence-corrected chi connectivity index (χ1v) is 9.21. The Bertz CT molecular complexity index is 828. The van der Waals surface area contributed by atoms with E-state index in [0.717, 1.165) is 11.0 Å². The number of aromatic amines is 1. The molecule has 9 nitrogen and oxygen atoms in total. The van der Waals surface area contributed by atoms with Crippen molar-refractivity contribution in [2.24, 2.45) is 0 Å². The van der Waals surface area contributed by atoms with Crippen LogP contribution in [0.5, 0.6) is 0 Å². The molecule has 10 heteroatoms. The highest BCUT2D eigenvalue weighted by molar-refractivity contribution is 9.11. The molecular weight excluding hydrogens is 410 g/mol. The average molecular weight is 430 g/mol.